The third-order valence-corrected chi connectivity index (χ3v) is 3.60. The number of carbonyl (C=O) groups excluding carboxylic acids is 1. The summed E-state index contributed by atoms with van der Waals surface area (Å²) in [5.41, 5.74) is 0.745. The van der Waals surface area contributed by atoms with E-state index in [1.165, 1.54) is 0 Å². The molecular formula is C14H21BrN2O2. The van der Waals surface area contributed by atoms with Gasteiger partial charge in [0.25, 0.3) is 0 Å². The maximum absolute atomic E-state index is 11.8. The van der Waals surface area contributed by atoms with Crippen LogP contribution in [-0.4, -0.2) is 24.3 Å². The number of hydrogen-bond acceptors (Lipinski definition) is 2. The minimum Gasteiger partial charge on any atom is -0.396 e. The van der Waals surface area contributed by atoms with Crippen molar-refractivity contribution >= 4 is 27.6 Å². The van der Waals surface area contributed by atoms with Gasteiger partial charge >= 0.3 is 6.03 Å². The van der Waals surface area contributed by atoms with Crippen molar-refractivity contribution in [2.45, 2.75) is 26.2 Å². The first-order valence-electron chi connectivity index (χ1n) is 6.57. The number of hydrogen-bond donors (Lipinski definition) is 3. The number of nitrogens with one attached hydrogen (secondary N) is 2. The number of carbonyl (C=O) groups is 1. The van der Waals surface area contributed by atoms with E-state index in [1.807, 2.05) is 24.3 Å². The lowest BCUT2D eigenvalue weighted by molar-refractivity contribution is 0.236. The Morgan fingerprint density at radius 2 is 2.11 bits per heavy atom. The maximum Gasteiger partial charge on any atom is 0.319 e. The second-order valence-electron chi connectivity index (χ2n) is 4.48. The quantitative estimate of drug-likeness (QED) is 0.718. The van der Waals surface area contributed by atoms with Crippen molar-refractivity contribution in [2.24, 2.45) is 5.92 Å². The van der Waals surface area contributed by atoms with Gasteiger partial charge in [0.15, 0.2) is 0 Å². The van der Waals surface area contributed by atoms with Crippen molar-refractivity contribution in [3.8, 4) is 0 Å². The van der Waals surface area contributed by atoms with Gasteiger partial charge in [-0.05, 0) is 46.8 Å². The fourth-order valence-electron chi connectivity index (χ4n) is 1.91. The largest absolute Gasteiger partial charge is 0.396 e. The van der Waals surface area contributed by atoms with Gasteiger partial charge in [0, 0.05) is 17.6 Å². The summed E-state index contributed by atoms with van der Waals surface area (Å²) in [6.07, 6.45) is 2.79. The first-order chi connectivity index (χ1) is 9.17. The molecular weight excluding hydrogens is 308 g/mol. The molecule has 1 unspecified atom stereocenters. The molecule has 0 aliphatic rings. The van der Waals surface area contributed by atoms with E-state index in [-0.39, 0.29) is 12.6 Å². The molecule has 0 bridgehead atoms. The second kappa shape index (κ2) is 8.93. The Balaban J connectivity index is 2.40. The molecule has 0 heterocycles. The normalized spacial score (nSPS) is 11.9. The van der Waals surface area contributed by atoms with E-state index < -0.39 is 0 Å². The van der Waals surface area contributed by atoms with Gasteiger partial charge in [-0.1, -0.05) is 25.5 Å². The number of aliphatic hydroxyl groups excluding tert-OH is 1. The summed E-state index contributed by atoms with van der Waals surface area (Å²) in [7, 11) is 0. The number of anilines is 1. The lowest BCUT2D eigenvalue weighted by Crippen LogP contribution is -2.33. The van der Waals surface area contributed by atoms with Crippen LogP contribution in [-0.2, 0) is 0 Å². The minimum atomic E-state index is -0.217. The summed E-state index contributed by atoms with van der Waals surface area (Å²) < 4.78 is 0.852. The highest BCUT2D eigenvalue weighted by atomic mass is 79.9. The topological polar surface area (TPSA) is 61.4 Å². The van der Waals surface area contributed by atoms with Gasteiger partial charge in [0.1, 0.15) is 0 Å². The van der Waals surface area contributed by atoms with Gasteiger partial charge in [-0.15, -0.1) is 0 Å². The molecule has 19 heavy (non-hydrogen) atoms. The van der Waals surface area contributed by atoms with Gasteiger partial charge in [0.2, 0.25) is 0 Å². The van der Waals surface area contributed by atoms with Gasteiger partial charge < -0.3 is 15.7 Å². The first-order valence-corrected chi connectivity index (χ1v) is 7.37. The molecule has 5 heteroatoms. The van der Waals surface area contributed by atoms with Crippen LogP contribution in [0.5, 0.6) is 0 Å². The number of aliphatic hydroxyl groups is 1. The Morgan fingerprint density at radius 1 is 1.37 bits per heavy atom. The molecule has 0 spiro atoms. The third-order valence-electron chi connectivity index (χ3n) is 2.91. The molecule has 0 saturated heterocycles. The fourth-order valence-corrected chi connectivity index (χ4v) is 2.29. The molecule has 1 atom stereocenters. The van der Waals surface area contributed by atoms with E-state index in [4.69, 9.17) is 5.11 Å². The van der Waals surface area contributed by atoms with E-state index in [9.17, 15) is 4.79 Å². The Morgan fingerprint density at radius 3 is 2.74 bits per heavy atom. The number of halogens is 1. The summed E-state index contributed by atoms with van der Waals surface area (Å²) in [4.78, 5) is 11.8. The lowest BCUT2D eigenvalue weighted by Gasteiger charge is -2.16. The maximum atomic E-state index is 11.8. The highest BCUT2D eigenvalue weighted by molar-refractivity contribution is 9.10. The molecule has 0 saturated carbocycles. The molecule has 0 aliphatic carbocycles. The van der Waals surface area contributed by atoms with Gasteiger partial charge in [-0.25, -0.2) is 4.79 Å². The van der Waals surface area contributed by atoms with Crippen LogP contribution < -0.4 is 10.6 Å². The summed E-state index contributed by atoms with van der Waals surface area (Å²) in [6.45, 7) is 2.86. The first kappa shape index (κ1) is 16.0. The van der Waals surface area contributed by atoms with Crippen molar-refractivity contribution in [2.75, 3.05) is 18.5 Å². The van der Waals surface area contributed by atoms with Crippen LogP contribution in [0.1, 0.15) is 26.2 Å². The van der Waals surface area contributed by atoms with Crippen LogP contribution >= 0.6 is 15.9 Å². The number of para-hydroxylation sites is 1. The zero-order chi connectivity index (χ0) is 14.1. The molecule has 0 aliphatic heterocycles. The van der Waals surface area contributed by atoms with Crippen LogP contribution in [0.4, 0.5) is 10.5 Å². The Kier molecular flexibility index (Phi) is 7.52. The SMILES string of the molecule is CCCC(CCO)CNC(=O)Nc1ccccc1Br. The van der Waals surface area contributed by atoms with E-state index in [0.29, 0.717) is 12.5 Å². The standard InChI is InChI=1S/C14H21BrN2O2/c1-2-5-11(8-9-18)10-16-14(19)17-13-7-4-3-6-12(13)15/h3-4,6-7,11,18H,2,5,8-10H2,1H3,(H2,16,17,19). The summed E-state index contributed by atoms with van der Waals surface area (Å²) >= 11 is 3.38. The molecule has 106 valence electrons. The fraction of sp³-hybridized carbons (Fsp3) is 0.500. The van der Waals surface area contributed by atoms with Crippen molar-refractivity contribution in [1.29, 1.82) is 0 Å². The predicted octanol–water partition coefficient (Wildman–Crippen LogP) is 3.37. The highest BCUT2D eigenvalue weighted by Crippen LogP contribution is 2.20. The molecule has 0 fully saturated rings. The second-order valence-corrected chi connectivity index (χ2v) is 5.34. The lowest BCUT2D eigenvalue weighted by atomic mass is 10.0. The minimum absolute atomic E-state index is 0.165. The predicted molar refractivity (Wildman–Crippen MR) is 81.3 cm³/mol. The monoisotopic (exact) mass is 328 g/mol. The van der Waals surface area contributed by atoms with E-state index in [0.717, 1.165) is 29.4 Å². The van der Waals surface area contributed by atoms with Crippen LogP contribution in [0, 0.1) is 5.92 Å². The van der Waals surface area contributed by atoms with Crippen LogP contribution in [0.25, 0.3) is 0 Å². The van der Waals surface area contributed by atoms with Gasteiger partial charge in [-0.3, -0.25) is 0 Å². The summed E-state index contributed by atoms with van der Waals surface area (Å²) in [6, 6.07) is 7.26. The Labute approximate surface area is 122 Å². The third kappa shape index (κ3) is 6.07. The Bertz CT molecular complexity index is 393. The van der Waals surface area contributed by atoms with Crippen molar-refractivity contribution in [3.05, 3.63) is 28.7 Å². The van der Waals surface area contributed by atoms with Crippen LogP contribution in [0.3, 0.4) is 0 Å². The molecule has 0 radical (unpaired) electrons. The number of urea groups is 1. The molecule has 0 aromatic heterocycles. The highest BCUT2D eigenvalue weighted by Gasteiger charge is 2.10. The number of rotatable bonds is 7. The zero-order valence-corrected chi connectivity index (χ0v) is 12.7. The average molecular weight is 329 g/mol. The summed E-state index contributed by atoms with van der Waals surface area (Å²) in [5, 5.41) is 14.6. The molecule has 4 nitrogen and oxygen atoms in total. The number of amides is 2. The van der Waals surface area contributed by atoms with Crippen molar-refractivity contribution in [1.82, 2.24) is 5.32 Å². The van der Waals surface area contributed by atoms with E-state index in [2.05, 4.69) is 33.5 Å². The molecule has 1 aromatic carbocycles. The average Bonchev–Trinajstić information content (AvgIpc) is 2.39. The van der Waals surface area contributed by atoms with E-state index in [1.54, 1.807) is 0 Å². The Hall–Kier alpha value is -1.07. The van der Waals surface area contributed by atoms with Crippen LogP contribution in [0.15, 0.2) is 28.7 Å². The van der Waals surface area contributed by atoms with Gasteiger partial charge in [-0.2, -0.15) is 0 Å². The molecule has 2 amide bonds. The van der Waals surface area contributed by atoms with Crippen molar-refractivity contribution in [3.63, 3.8) is 0 Å². The smallest absolute Gasteiger partial charge is 0.319 e. The number of benzene rings is 1. The summed E-state index contributed by atoms with van der Waals surface area (Å²) in [5.74, 6) is 0.333. The van der Waals surface area contributed by atoms with Crippen LogP contribution in [0.2, 0.25) is 0 Å². The van der Waals surface area contributed by atoms with E-state index >= 15 is 0 Å². The zero-order valence-electron chi connectivity index (χ0n) is 11.2. The molecule has 3 N–H and O–H groups in total. The molecule has 1 aromatic rings. The molecule has 1 rings (SSSR count). The van der Waals surface area contributed by atoms with Gasteiger partial charge in [0.05, 0.1) is 5.69 Å². The van der Waals surface area contributed by atoms with Crippen molar-refractivity contribution < 1.29 is 9.90 Å².